The Morgan fingerprint density at radius 1 is 1.12 bits per heavy atom. The zero-order valence-electron chi connectivity index (χ0n) is 18.1. The van der Waals surface area contributed by atoms with E-state index in [1.165, 1.54) is 22.5 Å². The van der Waals surface area contributed by atoms with Crippen LogP contribution in [0.5, 0.6) is 0 Å². The molecule has 4 rings (SSSR count). The van der Waals surface area contributed by atoms with E-state index in [1.54, 1.807) is 0 Å². The molecule has 2 saturated heterocycles. The highest BCUT2D eigenvalue weighted by atomic mass is 35.5. The number of carbonyl (C=O) groups excluding carboxylic acids is 3. The molecule has 2 aliphatic heterocycles. The van der Waals surface area contributed by atoms with Gasteiger partial charge in [-0.05, 0) is 31.0 Å². The van der Waals surface area contributed by atoms with E-state index in [-0.39, 0.29) is 34.6 Å². The van der Waals surface area contributed by atoms with Crippen molar-refractivity contribution in [3.05, 3.63) is 23.2 Å². The molecule has 4 amide bonds. The molecule has 33 heavy (non-hydrogen) atoms. The minimum absolute atomic E-state index is 0.0314. The summed E-state index contributed by atoms with van der Waals surface area (Å²) in [6.07, 6.45) is 4.84. The van der Waals surface area contributed by atoms with Gasteiger partial charge in [0.25, 0.3) is 5.91 Å². The van der Waals surface area contributed by atoms with Gasteiger partial charge >= 0.3 is 6.03 Å². The summed E-state index contributed by atoms with van der Waals surface area (Å²) in [4.78, 5) is 38.9. The number of amides is 4. The average molecular weight is 499 g/mol. The highest BCUT2D eigenvalue weighted by Crippen LogP contribution is 2.33. The Morgan fingerprint density at radius 2 is 1.79 bits per heavy atom. The number of nitrogens with zero attached hydrogens (tertiary/aromatic N) is 2. The summed E-state index contributed by atoms with van der Waals surface area (Å²) < 4.78 is 32.4. The van der Waals surface area contributed by atoms with E-state index in [9.17, 15) is 22.8 Å². The second kappa shape index (κ2) is 9.57. The molecule has 10 nitrogen and oxygen atoms in total. The molecule has 0 atom stereocenters. The van der Waals surface area contributed by atoms with Gasteiger partial charge in [0, 0.05) is 18.8 Å². The number of benzene rings is 1. The number of ether oxygens (including phenoxy) is 1. The molecule has 12 heteroatoms. The first-order chi connectivity index (χ1) is 15.7. The Labute approximate surface area is 197 Å². The molecular weight excluding hydrogens is 472 g/mol. The summed E-state index contributed by atoms with van der Waals surface area (Å²) in [7, 11) is -3.87. The average Bonchev–Trinajstić information content (AvgIpc) is 2.94. The van der Waals surface area contributed by atoms with Crippen LogP contribution in [0.4, 0.5) is 10.5 Å². The highest BCUT2D eigenvalue weighted by Gasteiger charge is 2.51. The normalized spacial score (nSPS) is 21.7. The third-order valence-electron chi connectivity index (χ3n) is 6.31. The minimum atomic E-state index is -3.87. The van der Waals surface area contributed by atoms with Crippen molar-refractivity contribution in [3.8, 4) is 0 Å². The molecule has 2 heterocycles. The van der Waals surface area contributed by atoms with Gasteiger partial charge < -0.3 is 15.4 Å². The van der Waals surface area contributed by atoms with Gasteiger partial charge in [-0.1, -0.05) is 37.3 Å². The molecule has 0 aromatic heterocycles. The number of hydrogen-bond acceptors (Lipinski definition) is 6. The standard InChI is InChI=1S/C21H27ClN4O6S/c22-16-6-5-15(13-17(16)33(30,31)25-9-11-32-12-10-25)23-18(27)14-26-19(28)21(24-20(26)29)7-3-1-2-4-8-21/h5-6,13H,1-4,7-12,14H2,(H,23,27)(H,24,29). The van der Waals surface area contributed by atoms with Crippen molar-refractivity contribution in [2.24, 2.45) is 0 Å². The van der Waals surface area contributed by atoms with Gasteiger partial charge in [0.15, 0.2) is 0 Å². The molecule has 180 valence electrons. The van der Waals surface area contributed by atoms with E-state index in [4.69, 9.17) is 16.3 Å². The SMILES string of the molecule is O=C(CN1C(=O)NC2(CCCCCC2)C1=O)Nc1ccc(Cl)c(S(=O)(=O)N2CCOCC2)c1. The fourth-order valence-corrected chi connectivity index (χ4v) is 6.45. The molecule has 1 aromatic carbocycles. The van der Waals surface area contributed by atoms with Crippen LogP contribution in [0.3, 0.4) is 0 Å². The summed E-state index contributed by atoms with van der Waals surface area (Å²) in [5, 5.41) is 5.40. The lowest BCUT2D eigenvalue weighted by Gasteiger charge is -2.26. The van der Waals surface area contributed by atoms with Gasteiger partial charge in [-0.3, -0.25) is 14.5 Å². The van der Waals surface area contributed by atoms with Crippen LogP contribution < -0.4 is 10.6 Å². The van der Waals surface area contributed by atoms with Gasteiger partial charge in [-0.2, -0.15) is 4.31 Å². The zero-order chi connectivity index (χ0) is 23.6. The number of carbonyl (C=O) groups is 3. The molecule has 3 fully saturated rings. The van der Waals surface area contributed by atoms with Crippen LogP contribution in [0.2, 0.25) is 5.02 Å². The Hall–Kier alpha value is -2.21. The minimum Gasteiger partial charge on any atom is -0.379 e. The molecule has 1 saturated carbocycles. The fraction of sp³-hybridized carbons (Fsp3) is 0.571. The van der Waals surface area contributed by atoms with Crippen molar-refractivity contribution < 1.29 is 27.5 Å². The number of morpholine rings is 1. The van der Waals surface area contributed by atoms with E-state index >= 15 is 0 Å². The Balaban J connectivity index is 1.46. The summed E-state index contributed by atoms with van der Waals surface area (Å²) >= 11 is 6.15. The lowest BCUT2D eigenvalue weighted by molar-refractivity contribution is -0.134. The maximum Gasteiger partial charge on any atom is 0.325 e. The van der Waals surface area contributed by atoms with Crippen LogP contribution in [-0.2, 0) is 24.3 Å². The predicted octanol–water partition coefficient (Wildman–Crippen LogP) is 1.94. The Bertz CT molecular complexity index is 1050. The van der Waals surface area contributed by atoms with Crippen LogP contribution in [0.1, 0.15) is 38.5 Å². The number of anilines is 1. The van der Waals surface area contributed by atoms with Gasteiger partial charge in [0.1, 0.15) is 17.0 Å². The number of sulfonamides is 1. The van der Waals surface area contributed by atoms with Crippen LogP contribution in [0.15, 0.2) is 23.1 Å². The molecule has 0 unspecified atom stereocenters. The van der Waals surface area contributed by atoms with Crippen LogP contribution in [-0.4, -0.2) is 73.9 Å². The molecular formula is C21H27ClN4O6S. The van der Waals surface area contributed by atoms with Gasteiger partial charge in [-0.25, -0.2) is 13.2 Å². The Kier molecular flexibility index (Phi) is 6.94. The number of hydrogen-bond donors (Lipinski definition) is 2. The van der Waals surface area contributed by atoms with Crippen LogP contribution >= 0.6 is 11.6 Å². The van der Waals surface area contributed by atoms with E-state index in [0.29, 0.717) is 26.1 Å². The van der Waals surface area contributed by atoms with Crippen molar-refractivity contribution in [1.82, 2.24) is 14.5 Å². The highest BCUT2D eigenvalue weighted by molar-refractivity contribution is 7.89. The van der Waals surface area contributed by atoms with Crippen molar-refractivity contribution in [2.75, 3.05) is 38.2 Å². The molecule has 2 N–H and O–H groups in total. The van der Waals surface area contributed by atoms with E-state index in [0.717, 1.165) is 30.6 Å². The summed E-state index contributed by atoms with van der Waals surface area (Å²) in [5.41, 5.74) is -0.722. The number of imide groups is 1. The molecule has 1 spiro atoms. The lowest BCUT2D eigenvalue weighted by atomic mass is 9.90. The Morgan fingerprint density at radius 3 is 2.45 bits per heavy atom. The molecule has 1 aromatic rings. The van der Waals surface area contributed by atoms with Crippen molar-refractivity contribution in [1.29, 1.82) is 0 Å². The van der Waals surface area contributed by atoms with Crippen molar-refractivity contribution in [2.45, 2.75) is 49.0 Å². The van der Waals surface area contributed by atoms with Gasteiger partial charge in [-0.15, -0.1) is 0 Å². The molecule has 0 bridgehead atoms. The smallest absolute Gasteiger partial charge is 0.325 e. The molecule has 3 aliphatic rings. The van der Waals surface area contributed by atoms with Crippen molar-refractivity contribution >= 4 is 45.2 Å². The number of halogens is 1. The van der Waals surface area contributed by atoms with Crippen molar-refractivity contribution in [3.63, 3.8) is 0 Å². The quantitative estimate of drug-likeness (QED) is 0.598. The summed E-state index contributed by atoms with van der Waals surface area (Å²) in [6.45, 7) is 0.550. The van der Waals surface area contributed by atoms with Crippen LogP contribution in [0.25, 0.3) is 0 Å². The first-order valence-corrected chi connectivity index (χ1v) is 12.9. The van der Waals surface area contributed by atoms with E-state index in [2.05, 4.69) is 10.6 Å². The second-order valence-electron chi connectivity index (χ2n) is 8.53. The topological polar surface area (TPSA) is 125 Å². The first kappa shape index (κ1) is 23.9. The largest absolute Gasteiger partial charge is 0.379 e. The molecule has 1 aliphatic carbocycles. The van der Waals surface area contributed by atoms with Gasteiger partial charge in [0.2, 0.25) is 15.9 Å². The fourth-order valence-electron chi connectivity index (χ4n) is 4.54. The first-order valence-electron chi connectivity index (χ1n) is 11.0. The van der Waals surface area contributed by atoms with E-state index in [1.807, 2.05) is 0 Å². The number of rotatable bonds is 5. The molecule has 0 radical (unpaired) electrons. The zero-order valence-corrected chi connectivity index (χ0v) is 19.7. The summed E-state index contributed by atoms with van der Waals surface area (Å²) in [6, 6.07) is 3.56. The van der Waals surface area contributed by atoms with E-state index < -0.39 is 34.0 Å². The van der Waals surface area contributed by atoms with Crippen LogP contribution in [0, 0.1) is 0 Å². The lowest BCUT2D eigenvalue weighted by Crippen LogP contribution is -2.47. The monoisotopic (exact) mass is 498 g/mol. The number of urea groups is 1. The maximum atomic E-state index is 13.0. The third-order valence-corrected chi connectivity index (χ3v) is 8.69. The third kappa shape index (κ3) is 4.86. The maximum absolute atomic E-state index is 13.0. The predicted molar refractivity (Wildman–Crippen MR) is 120 cm³/mol. The van der Waals surface area contributed by atoms with Gasteiger partial charge in [0.05, 0.1) is 18.2 Å². The second-order valence-corrected chi connectivity index (χ2v) is 10.8. The number of nitrogens with one attached hydrogen (secondary N) is 2. The summed E-state index contributed by atoms with van der Waals surface area (Å²) in [5.74, 6) is -0.988.